The molecule has 0 bridgehead atoms. The van der Waals surface area contributed by atoms with Crippen molar-refractivity contribution in [3.05, 3.63) is 40.6 Å². The zero-order chi connectivity index (χ0) is 11.5. The van der Waals surface area contributed by atoms with Gasteiger partial charge in [-0.2, -0.15) is 0 Å². The van der Waals surface area contributed by atoms with Crippen LogP contribution >= 0.6 is 35.0 Å². The number of hydrogen-bond acceptors (Lipinski definition) is 4. The molecule has 0 aliphatic carbocycles. The molecule has 0 saturated heterocycles. The number of hydrogen-bond donors (Lipinski definition) is 1. The number of nitrogen functional groups attached to an aromatic ring is 1. The Morgan fingerprint density at radius 1 is 1.12 bits per heavy atom. The zero-order valence-corrected chi connectivity index (χ0v) is 10.4. The fourth-order valence-electron chi connectivity index (χ4n) is 1.04. The zero-order valence-electron chi connectivity index (χ0n) is 8.02. The van der Waals surface area contributed by atoms with Crippen LogP contribution in [0.3, 0.4) is 0 Å². The first-order chi connectivity index (χ1) is 7.65. The van der Waals surface area contributed by atoms with E-state index in [1.165, 1.54) is 11.8 Å². The monoisotopic (exact) mass is 271 g/mol. The Balaban J connectivity index is 2.23. The van der Waals surface area contributed by atoms with E-state index in [1.54, 1.807) is 30.6 Å². The first kappa shape index (κ1) is 11.5. The molecule has 0 aromatic carbocycles. The third-order valence-corrected chi connectivity index (χ3v) is 3.32. The molecular formula is C10H7Cl2N3S. The van der Waals surface area contributed by atoms with Gasteiger partial charge in [-0.05, 0) is 30.0 Å². The van der Waals surface area contributed by atoms with Gasteiger partial charge in [-0.15, -0.1) is 0 Å². The molecule has 16 heavy (non-hydrogen) atoms. The molecule has 0 aliphatic rings. The third kappa shape index (κ3) is 2.78. The lowest BCUT2D eigenvalue weighted by Crippen LogP contribution is -1.89. The maximum atomic E-state index is 5.99. The van der Waals surface area contributed by atoms with Crippen molar-refractivity contribution >= 4 is 40.7 Å². The van der Waals surface area contributed by atoms with Crippen molar-refractivity contribution < 1.29 is 0 Å². The fourth-order valence-corrected chi connectivity index (χ4v) is 2.14. The molecule has 2 aromatic rings. The van der Waals surface area contributed by atoms with Crippen molar-refractivity contribution in [2.24, 2.45) is 0 Å². The smallest absolute Gasteiger partial charge is 0.121 e. The third-order valence-electron chi connectivity index (χ3n) is 1.73. The molecule has 0 spiro atoms. The van der Waals surface area contributed by atoms with Crippen LogP contribution < -0.4 is 5.73 Å². The lowest BCUT2D eigenvalue weighted by molar-refractivity contribution is 1.09. The van der Waals surface area contributed by atoms with E-state index in [1.807, 2.05) is 0 Å². The van der Waals surface area contributed by atoms with Crippen LogP contribution in [0.1, 0.15) is 0 Å². The molecule has 6 heteroatoms. The summed E-state index contributed by atoms with van der Waals surface area (Å²) in [6.45, 7) is 0. The summed E-state index contributed by atoms with van der Waals surface area (Å²) in [4.78, 5) is 8.27. The summed E-state index contributed by atoms with van der Waals surface area (Å²) >= 11 is 13.1. The molecule has 2 N–H and O–H groups in total. The van der Waals surface area contributed by atoms with Gasteiger partial charge in [0.2, 0.25) is 0 Å². The SMILES string of the molecule is Nc1cnc(Sc2ccc(Cl)cn2)c(Cl)c1. The van der Waals surface area contributed by atoms with Crippen LogP contribution in [0.5, 0.6) is 0 Å². The molecule has 2 heterocycles. The molecule has 0 fully saturated rings. The molecule has 0 saturated carbocycles. The second kappa shape index (κ2) is 4.91. The molecule has 0 amide bonds. The molecule has 82 valence electrons. The molecule has 0 aliphatic heterocycles. The summed E-state index contributed by atoms with van der Waals surface area (Å²) < 4.78 is 0. The Labute approximate surface area is 107 Å². The van der Waals surface area contributed by atoms with Gasteiger partial charge < -0.3 is 5.73 Å². The molecule has 0 radical (unpaired) electrons. The minimum atomic E-state index is 0.516. The van der Waals surface area contributed by atoms with Gasteiger partial charge in [0.25, 0.3) is 0 Å². The Morgan fingerprint density at radius 2 is 1.94 bits per heavy atom. The average molecular weight is 272 g/mol. The maximum absolute atomic E-state index is 5.99. The van der Waals surface area contributed by atoms with Crippen molar-refractivity contribution in [1.82, 2.24) is 9.97 Å². The molecular weight excluding hydrogens is 265 g/mol. The highest BCUT2D eigenvalue weighted by molar-refractivity contribution is 7.99. The number of pyridine rings is 2. The number of anilines is 1. The summed E-state index contributed by atoms with van der Waals surface area (Å²) in [5.41, 5.74) is 6.09. The highest BCUT2D eigenvalue weighted by Gasteiger charge is 2.05. The van der Waals surface area contributed by atoms with Crippen LogP contribution in [0.2, 0.25) is 10.0 Å². The van der Waals surface area contributed by atoms with Gasteiger partial charge in [0.05, 0.1) is 21.9 Å². The van der Waals surface area contributed by atoms with E-state index in [2.05, 4.69) is 9.97 Å². The van der Waals surface area contributed by atoms with E-state index < -0.39 is 0 Å². The van der Waals surface area contributed by atoms with Crippen LogP contribution in [0.4, 0.5) is 5.69 Å². The highest BCUT2D eigenvalue weighted by Crippen LogP contribution is 2.31. The van der Waals surface area contributed by atoms with Gasteiger partial charge >= 0.3 is 0 Å². The Kier molecular flexibility index (Phi) is 3.53. The second-order valence-corrected chi connectivity index (χ2v) is 4.83. The Bertz CT molecular complexity index is 502. The van der Waals surface area contributed by atoms with E-state index in [9.17, 15) is 0 Å². The number of aromatic nitrogens is 2. The molecule has 2 aromatic heterocycles. The van der Waals surface area contributed by atoms with Crippen molar-refractivity contribution in [1.29, 1.82) is 0 Å². The van der Waals surface area contributed by atoms with Crippen LogP contribution in [0.25, 0.3) is 0 Å². The maximum Gasteiger partial charge on any atom is 0.121 e. The largest absolute Gasteiger partial charge is 0.397 e. The predicted molar refractivity (Wildman–Crippen MR) is 67.0 cm³/mol. The van der Waals surface area contributed by atoms with Crippen LogP contribution in [0, 0.1) is 0 Å². The Hall–Kier alpha value is -0.970. The summed E-state index contributed by atoms with van der Waals surface area (Å²) in [5, 5.41) is 2.57. The van der Waals surface area contributed by atoms with Crippen LogP contribution in [0.15, 0.2) is 40.6 Å². The normalized spacial score (nSPS) is 10.4. The Morgan fingerprint density at radius 3 is 2.56 bits per heavy atom. The average Bonchev–Trinajstić information content (AvgIpc) is 2.25. The topological polar surface area (TPSA) is 51.8 Å². The van der Waals surface area contributed by atoms with Gasteiger partial charge in [-0.3, -0.25) is 0 Å². The predicted octanol–water partition coefficient (Wildman–Crippen LogP) is 3.52. The van der Waals surface area contributed by atoms with Gasteiger partial charge in [-0.25, -0.2) is 9.97 Å². The molecule has 0 atom stereocenters. The fraction of sp³-hybridized carbons (Fsp3) is 0. The van der Waals surface area contributed by atoms with Crippen molar-refractivity contribution in [3.8, 4) is 0 Å². The summed E-state index contributed by atoms with van der Waals surface area (Å²) in [6, 6.07) is 5.23. The minimum absolute atomic E-state index is 0.516. The molecule has 2 rings (SSSR count). The number of nitrogens with zero attached hydrogens (tertiary/aromatic N) is 2. The lowest BCUT2D eigenvalue weighted by Gasteiger charge is -2.03. The van der Waals surface area contributed by atoms with Gasteiger partial charge in [0, 0.05) is 6.20 Å². The first-order valence-corrected chi connectivity index (χ1v) is 5.93. The van der Waals surface area contributed by atoms with Gasteiger partial charge in [-0.1, -0.05) is 23.2 Å². The number of rotatable bonds is 2. The summed E-state index contributed by atoms with van der Waals surface area (Å²) in [7, 11) is 0. The molecule has 3 nitrogen and oxygen atoms in total. The number of halogens is 2. The summed E-state index contributed by atoms with van der Waals surface area (Å²) in [5.74, 6) is 0. The number of nitrogens with two attached hydrogens (primary N) is 1. The minimum Gasteiger partial charge on any atom is -0.397 e. The quantitative estimate of drug-likeness (QED) is 0.908. The van der Waals surface area contributed by atoms with E-state index >= 15 is 0 Å². The van der Waals surface area contributed by atoms with Gasteiger partial charge in [0.1, 0.15) is 10.1 Å². The van der Waals surface area contributed by atoms with Crippen molar-refractivity contribution in [3.63, 3.8) is 0 Å². The molecule has 0 unspecified atom stereocenters. The standard InChI is InChI=1S/C10H7Cl2N3S/c11-6-1-2-9(14-4-6)16-10-8(12)3-7(13)5-15-10/h1-5H,13H2. The van der Waals surface area contributed by atoms with E-state index in [4.69, 9.17) is 28.9 Å². The van der Waals surface area contributed by atoms with E-state index in [0.29, 0.717) is 20.8 Å². The van der Waals surface area contributed by atoms with Crippen LogP contribution in [-0.2, 0) is 0 Å². The second-order valence-electron chi connectivity index (χ2n) is 2.97. The van der Waals surface area contributed by atoms with Gasteiger partial charge in [0.15, 0.2) is 0 Å². The van der Waals surface area contributed by atoms with E-state index in [0.717, 1.165) is 5.03 Å². The lowest BCUT2D eigenvalue weighted by atomic mass is 10.4. The van der Waals surface area contributed by atoms with Crippen LogP contribution in [-0.4, -0.2) is 9.97 Å². The first-order valence-electron chi connectivity index (χ1n) is 4.35. The van der Waals surface area contributed by atoms with Crippen molar-refractivity contribution in [2.45, 2.75) is 10.1 Å². The summed E-state index contributed by atoms with van der Waals surface area (Å²) in [6.07, 6.45) is 3.14. The van der Waals surface area contributed by atoms with E-state index in [-0.39, 0.29) is 0 Å². The van der Waals surface area contributed by atoms with Crippen molar-refractivity contribution in [2.75, 3.05) is 5.73 Å². The highest BCUT2D eigenvalue weighted by atomic mass is 35.5.